The van der Waals surface area contributed by atoms with Crippen LogP contribution in [0, 0.1) is 0 Å². The number of ether oxygens (including phenoxy) is 1. The number of benzene rings is 1. The molecule has 0 atom stereocenters. The molecule has 3 aromatic heterocycles. The second-order valence-corrected chi connectivity index (χ2v) is 4.60. The van der Waals surface area contributed by atoms with Gasteiger partial charge in [-0.2, -0.15) is 5.10 Å². The van der Waals surface area contributed by atoms with Crippen molar-refractivity contribution in [2.75, 3.05) is 0 Å². The van der Waals surface area contributed by atoms with Crippen molar-refractivity contribution in [1.82, 2.24) is 24.7 Å². The number of nitrogens with zero attached hydrogens (tertiary/aromatic N) is 5. The Morgan fingerprint density at radius 1 is 0.909 bits per heavy atom. The fourth-order valence-electron chi connectivity index (χ4n) is 2.18. The van der Waals surface area contributed by atoms with Gasteiger partial charge in [-0.3, -0.25) is 4.98 Å². The molecule has 0 aliphatic rings. The smallest absolute Gasteiger partial charge is 0.233 e. The van der Waals surface area contributed by atoms with Crippen molar-refractivity contribution in [3.05, 3.63) is 67.4 Å². The summed E-state index contributed by atoms with van der Waals surface area (Å²) in [7, 11) is 0. The molecule has 0 aliphatic heterocycles. The first-order valence-electron chi connectivity index (χ1n) is 6.74. The van der Waals surface area contributed by atoms with Gasteiger partial charge in [-0.1, -0.05) is 18.2 Å². The predicted octanol–water partition coefficient (Wildman–Crippen LogP) is 3.00. The molecule has 6 heteroatoms. The summed E-state index contributed by atoms with van der Waals surface area (Å²) in [6, 6.07) is 13.4. The Morgan fingerprint density at radius 3 is 2.64 bits per heavy atom. The van der Waals surface area contributed by atoms with Gasteiger partial charge >= 0.3 is 0 Å². The topological polar surface area (TPSA) is 65.7 Å². The number of aromatic nitrogens is 5. The molecule has 0 N–H and O–H groups in total. The average Bonchev–Trinajstić information content (AvgIpc) is 3.02. The van der Waals surface area contributed by atoms with Crippen LogP contribution in [0.1, 0.15) is 0 Å². The molecule has 0 aliphatic carbocycles. The zero-order chi connectivity index (χ0) is 14.8. The zero-order valence-corrected chi connectivity index (χ0v) is 11.5. The lowest BCUT2D eigenvalue weighted by Crippen LogP contribution is -1.98. The summed E-state index contributed by atoms with van der Waals surface area (Å²) in [6.07, 6.45) is 6.49. The van der Waals surface area contributed by atoms with E-state index in [9.17, 15) is 0 Å². The first kappa shape index (κ1) is 12.5. The highest BCUT2D eigenvalue weighted by Crippen LogP contribution is 2.26. The Labute approximate surface area is 126 Å². The molecule has 0 saturated heterocycles. The lowest BCUT2D eigenvalue weighted by atomic mass is 10.3. The van der Waals surface area contributed by atoms with Crippen LogP contribution in [-0.4, -0.2) is 24.7 Å². The minimum Gasteiger partial charge on any atom is -0.437 e. The third-order valence-corrected chi connectivity index (χ3v) is 3.18. The SMILES string of the molecule is c1ccc(-n2ncc3c(Oc4cccnc4)ncnc32)cc1. The van der Waals surface area contributed by atoms with E-state index in [0.29, 0.717) is 17.3 Å². The molecule has 3 heterocycles. The third kappa shape index (κ3) is 2.16. The van der Waals surface area contributed by atoms with Crippen LogP contribution in [0.3, 0.4) is 0 Å². The summed E-state index contributed by atoms with van der Waals surface area (Å²) in [5.41, 5.74) is 1.63. The van der Waals surface area contributed by atoms with E-state index in [4.69, 9.17) is 4.74 Å². The van der Waals surface area contributed by atoms with Crippen molar-refractivity contribution >= 4 is 11.0 Å². The van der Waals surface area contributed by atoms with E-state index in [0.717, 1.165) is 11.1 Å². The molecule has 0 bridgehead atoms. The second kappa shape index (κ2) is 5.25. The Hall–Kier alpha value is -3.28. The molecule has 6 nitrogen and oxygen atoms in total. The fraction of sp³-hybridized carbons (Fsp3) is 0. The van der Waals surface area contributed by atoms with Gasteiger partial charge in [0.05, 0.1) is 18.1 Å². The van der Waals surface area contributed by atoms with Crippen LogP contribution in [0.15, 0.2) is 67.4 Å². The van der Waals surface area contributed by atoms with Gasteiger partial charge in [0.1, 0.15) is 17.5 Å². The molecule has 106 valence electrons. The van der Waals surface area contributed by atoms with E-state index in [1.54, 1.807) is 29.3 Å². The van der Waals surface area contributed by atoms with Crippen LogP contribution in [0.5, 0.6) is 11.6 Å². The van der Waals surface area contributed by atoms with E-state index >= 15 is 0 Å². The lowest BCUT2D eigenvalue weighted by molar-refractivity contribution is 0.466. The van der Waals surface area contributed by atoms with Gasteiger partial charge in [0.2, 0.25) is 5.88 Å². The normalized spacial score (nSPS) is 10.7. The van der Waals surface area contributed by atoms with Crippen molar-refractivity contribution in [2.45, 2.75) is 0 Å². The van der Waals surface area contributed by atoms with Crippen LogP contribution < -0.4 is 4.74 Å². The van der Waals surface area contributed by atoms with Crippen LogP contribution in [-0.2, 0) is 0 Å². The maximum Gasteiger partial charge on any atom is 0.233 e. The maximum atomic E-state index is 5.77. The molecule has 0 radical (unpaired) electrons. The number of fused-ring (bicyclic) bond motifs is 1. The monoisotopic (exact) mass is 289 g/mol. The molecular weight excluding hydrogens is 278 g/mol. The number of para-hydroxylation sites is 1. The van der Waals surface area contributed by atoms with Crippen molar-refractivity contribution < 1.29 is 4.74 Å². The van der Waals surface area contributed by atoms with Gasteiger partial charge in [0.15, 0.2) is 5.65 Å². The van der Waals surface area contributed by atoms with Gasteiger partial charge in [0, 0.05) is 6.20 Å². The fourth-order valence-corrected chi connectivity index (χ4v) is 2.18. The quantitative estimate of drug-likeness (QED) is 0.580. The molecule has 1 aromatic carbocycles. The third-order valence-electron chi connectivity index (χ3n) is 3.18. The molecule has 0 spiro atoms. The molecule has 22 heavy (non-hydrogen) atoms. The highest BCUT2D eigenvalue weighted by Gasteiger charge is 2.12. The highest BCUT2D eigenvalue weighted by atomic mass is 16.5. The molecule has 4 rings (SSSR count). The number of hydrogen-bond acceptors (Lipinski definition) is 5. The Kier molecular flexibility index (Phi) is 2.97. The highest BCUT2D eigenvalue weighted by molar-refractivity contribution is 5.81. The summed E-state index contributed by atoms with van der Waals surface area (Å²) in [6.45, 7) is 0. The number of pyridine rings is 1. The van der Waals surface area contributed by atoms with E-state index < -0.39 is 0 Å². The predicted molar refractivity (Wildman–Crippen MR) is 81.0 cm³/mol. The van der Waals surface area contributed by atoms with E-state index in [-0.39, 0.29) is 0 Å². The summed E-state index contributed by atoms with van der Waals surface area (Å²) >= 11 is 0. The molecular formula is C16H11N5O. The number of rotatable bonds is 3. The summed E-state index contributed by atoms with van der Waals surface area (Å²) in [5, 5.41) is 5.13. The average molecular weight is 289 g/mol. The van der Waals surface area contributed by atoms with Crippen LogP contribution >= 0.6 is 0 Å². The second-order valence-electron chi connectivity index (χ2n) is 4.60. The summed E-state index contributed by atoms with van der Waals surface area (Å²) < 4.78 is 7.53. The summed E-state index contributed by atoms with van der Waals surface area (Å²) in [4.78, 5) is 12.5. The van der Waals surface area contributed by atoms with E-state index in [2.05, 4.69) is 20.1 Å². The zero-order valence-electron chi connectivity index (χ0n) is 11.5. The first-order chi connectivity index (χ1) is 10.9. The lowest BCUT2D eigenvalue weighted by Gasteiger charge is -2.05. The van der Waals surface area contributed by atoms with Crippen molar-refractivity contribution in [1.29, 1.82) is 0 Å². The van der Waals surface area contributed by atoms with Gasteiger partial charge in [-0.25, -0.2) is 14.6 Å². The van der Waals surface area contributed by atoms with E-state index in [1.165, 1.54) is 6.33 Å². The first-order valence-corrected chi connectivity index (χ1v) is 6.74. The Balaban J connectivity index is 1.81. The minimum absolute atomic E-state index is 0.459. The maximum absolute atomic E-state index is 5.77. The Bertz CT molecular complexity index is 906. The number of hydrogen-bond donors (Lipinski definition) is 0. The van der Waals surface area contributed by atoms with Crippen molar-refractivity contribution in [2.24, 2.45) is 0 Å². The van der Waals surface area contributed by atoms with Gasteiger partial charge in [0.25, 0.3) is 0 Å². The van der Waals surface area contributed by atoms with Crippen LogP contribution in [0.2, 0.25) is 0 Å². The van der Waals surface area contributed by atoms with Gasteiger partial charge in [-0.05, 0) is 24.3 Å². The van der Waals surface area contributed by atoms with Crippen molar-refractivity contribution in [3.63, 3.8) is 0 Å². The molecule has 0 saturated carbocycles. The molecule has 0 fully saturated rings. The van der Waals surface area contributed by atoms with Crippen LogP contribution in [0.4, 0.5) is 0 Å². The molecule has 0 amide bonds. The van der Waals surface area contributed by atoms with Gasteiger partial charge in [-0.15, -0.1) is 0 Å². The van der Waals surface area contributed by atoms with E-state index in [1.807, 2.05) is 36.4 Å². The molecule has 0 unspecified atom stereocenters. The van der Waals surface area contributed by atoms with Crippen molar-refractivity contribution in [3.8, 4) is 17.3 Å². The summed E-state index contributed by atoms with van der Waals surface area (Å²) in [5.74, 6) is 1.08. The Morgan fingerprint density at radius 2 is 1.82 bits per heavy atom. The van der Waals surface area contributed by atoms with Gasteiger partial charge < -0.3 is 4.74 Å². The van der Waals surface area contributed by atoms with Crippen LogP contribution in [0.25, 0.3) is 16.7 Å². The largest absolute Gasteiger partial charge is 0.437 e. The molecule has 4 aromatic rings. The standard InChI is InChI=1S/C16H11N5O/c1-2-5-12(6-3-1)21-15-14(10-20-21)16(19-11-18-15)22-13-7-4-8-17-9-13/h1-11H. The minimum atomic E-state index is 0.459.